The van der Waals surface area contributed by atoms with Gasteiger partial charge in [-0.1, -0.05) is 5.21 Å². The van der Waals surface area contributed by atoms with Crippen molar-refractivity contribution >= 4 is 15.8 Å². The molecule has 2 heterocycles. The lowest BCUT2D eigenvalue weighted by Crippen LogP contribution is -2.27. The second-order valence-electron chi connectivity index (χ2n) is 3.53. The average molecular weight is 269 g/mol. The monoisotopic (exact) mass is 269 g/mol. The van der Waals surface area contributed by atoms with Gasteiger partial charge in [-0.05, 0) is 13.0 Å². The molecule has 0 saturated heterocycles. The third-order valence-electron chi connectivity index (χ3n) is 2.14. The molecule has 0 amide bonds. The molecule has 4 N–H and O–H groups in total. The summed E-state index contributed by atoms with van der Waals surface area (Å²) in [6.45, 7) is 1.60. The molecule has 1 unspecified atom stereocenters. The van der Waals surface area contributed by atoms with Crippen molar-refractivity contribution in [1.82, 2.24) is 30.3 Å². The van der Waals surface area contributed by atoms with E-state index >= 15 is 0 Å². The van der Waals surface area contributed by atoms with E-state index in [1.165, 1.54) is 18.3 Å². The molecule has 18 heavy (non-hydrogen) atoms. The average Bonchev–Trinajstić information content (AvgIpc) is 2.82. The molecular weight excluding hydrogens is 258 g/mol. The molecule has 9 nitrogen and oxygen atoms in total. The molecule has 2 aromatic rings. The van der Waals surface area contributed by atoms with Crippen molar-refractivity contribution in [1.29, 1.82) is 0 Å². The number of rotatable bonds is 4. The maximum atomic E-state index is 12.0. The van der Waals surface area contributed by atoms with Crippen molar-refractivity contribution in [3.63, 3.8) is 0 Å². The molecule has 0 saturated carbocycles. The largest absolute Gasteiger partial charge is 0.384 e. The van der Waals surface area contributed by atoms with Gasteiger partial charge in [0.15, 0.2) is 5.82 Å². The number of pyridine rings is 1. The van der Waals surface area contributed by atoms with Gasteiger partial charge in [0.25, 0.3) is 0 Å². The number of aromatic amines is 1. The van der Waals surface area contributed by atoms with Crippen LogP contribution in [0.3, 0.4) is 0 Å². The minimum absolute atomic E-state index is 0.0327. The van der Waals surface area contributed by atoms with Crippen molar-refractivity contribution in [3.8, 4) is 0 Å². The number of hydrogen-bond acceptors (Lipinski definition) is 7. The lowest BCUT2D eigenvalue weighted by molar-refractivity contribution is 0.560. The van der Waals surface area contributed by atoms with E-state index < -0.39 is 16.1 Å². The zero-order valence-corrected chi connectivity index (χ0v) is 10.2. The van der Waals surface area contributed by atoms with Crippen LogP contribution in [0.1, 0.15) is 18.8 Å². The first kappa shape index (κ1) is 12.4. The number of nitrogens with one attached hydrogen (secondary N) is 2. The Kier molecular flexibility index (Phi) is 3.21. The molecule has 0 radical (unpaired) electrons. The van der Waals surface area contributed by atoms with E-state index in [1.807, 2.05) is 0 Å². The van der Waals surface area contributed by atoms with E-state index in [0.717, 1.165) is 0 Å². The van der Waals surface area contributed by atoms with Crippen molar-refractivity contribution in [2.45, 2.75) is 17.9 Å². The Hall–Kier alpha value is -2.07. The van der Waals surface area contributed by atoms with E-state index in [9.17, 15) is 8.42 Å². The van der Waals surface area contributed by atoms with Crippen LogP contribution in [0.25, 0.3) is 0 Å². The van der Waals surface area contributed by atoms with E-state index in [1.54, 1.807) is 6.92 Å². The molecule has 0 aliphatic rings. The molecule has 0 spiro atoms. The number of nitrogen functional groups attached to an aromatic ring is 1. The number of nitrogens with two attached hydrogens (primary N) is 1. The summed E-state index contributed by atoms with van der Waals surface area (Å²) in [7, 11) is -3.70. The predicted molar refractivity (Wildman–Crippen MR) is 61.6 cm³/mol. The van der Waals surface area contributed by atoms with E-state index in [2.05, 4.69) is 30.3 Å². The molecule has 10 heteroatoms. The van der Waals surface area contributed by atoms with Gasteiger partial charge in [0, 0.05) is 12.3 Å². The number of hydrogen-bond donors (Lipinski definition) is 3. The third kappa shape index (κ3) is 2.60. The first-order valence-electron chi connectivity index (χ1n) is 4.96. The van der Waals surface area contributed by atoms with E-state index in [-0.39, 0.29) is 16.5 Å². The van der Waals surface area contributed by atoms with Gasteiger partial charge in [0.1, 0.15) is 5.82 Å². The number of sulfonamides is 1. The fourth-order valence-electron chi connectivity index (χ4n) is 1.30. The Morgan fingerprint density at radius 2 is 2.28 bits per heavy atom. The molecule has 0 fully saturated rings. The maximum absolute atomic E-state index is 12.0. The smallest absolute Gasteiger partial charge is 0.241 e. The van der Waals surface area contributed by atoms with Crippen LogP contribution in [0.4, 0.5) is 5.82 Å². The van der Waals surface area contributed by atoms with Gasteiger partial charge < -0.3 is 5.73 Å². The summed E-state index contributed by atoms with van der Waals surface area (Å²) in [5.41, 5.74) is 5.44. The summed E-state index contributed by atoms with van der Waals surface area (Å²) in [5, 5.41) is 13.0. The minimum atomic E-state index is -3.70. The normalized spacial score (nSPS) is 13.4. The predicted octanol–water partition coefficient (Wildman–Crippen LogP) is -0.784. The second kappa shape index (κ2) is 4.66. The molecule has 96 valence electrons. The summed E-state index contributed by atoms with van der Waals surface area (Å²) in [6, 6.07) is 2.01. The number of tetrazole rings is 1. The Labute approximate surface area is 103 Å². The molecule has 0 bridgehead atoms. The highest BCUT2D eigenvalue weighted by Crippen LogP contribution is 2.14. The zero-order chi connectivity index (χ0) is 13.2. The Bertz CT molecular complexity index is 625. The summed E-state index contributed by atoms with van der Waals surface area (Å²) in [4.78, 5) is 3.76. The van der Waals surface area contributed by atoms with Crippen LogP contribution in [0.15, 0.2) is 23.2 Å². The number of anilines is 1. The summed E-state index contributed by atoms with van der Waals surface area (Å²) < 4.78 is 26.4. The maximum Gasteiger partial charge on any atom is 0.241 e. The second-order valence-corrected chi connectivity index (χ2v) is 5.24. The first-order chi connectivity index (χ1) is 8.49. The topological polar surface area (TPSA) is 140 Å². The molecule has 0 aliphatic carbocycles. The summed E-state index contributed by atoms with van der Waals surface area (Å²) >= 11 is 0. The van der Waals surface area contributed by atoms with Crippen LogP contribution in [0.2, 0.25) is 0 Å². The van der Waals surface area contributed by atoms with Crippen LogP contribution >= 0.6 is 0 Å². The van der Waals surface area contributed by atoms with Gasteiger partial charge in [-0.15, -0.1) is 10.2 Å². The Morgan fingerprint density at radius 3 is 2.89 bits per heavy atom. The lowest BCUT2D eigenvalue weighted by Gasteiger charge is -2.10. The van der Waals surface area contributed by atoms with Gasteiger partial charge in [0.05, 0.1) is 10.9 Å². The van der Waals surface area contributed by atoms with Crippen molar-refractivity contribution in [2.24, 2.45) is 0 Å². The van der Waals surface area contributed by atoms with Crippen molar-refractivity contribution in [2.75, 3.05) is 5.73 Å². The van der Waals surface area contributed by atoms with E-state index in [0.29, 0.717) is 0 Å². The molecular formula is C8H11N7O2S. The molecule has 0 aromatic carbocycles. The minimum Gasteiger partial charge on any atom is -0.384 e. The number of H-pyrrole nitrogens is 1. The standard InChI is InChI=1S/C8H11N7O2S/c1-5(8-11-14-15-12-8)13-18(16,17)6-2-3-10-7(9)4-6/h2-5,13H,1H3,(H2,9,10)(H,11,12,14,15). The van der Waals surface area contributed by atoms with Gasteiger partial charge in [-0.25, -0.2) is 18.1 Å². The first-order valence-corrected chi connectivity index (χ1v) is 6.44. The Morgan fingerprint density at radius 1 is 1.50 bits per heavy atom. The lowest BCUT2D eigenvalue weighted by atomic mass is 10.4. The number of nitrogens with zero attached hydrogens (tertiary/aromatic N) is 4. The highest BCUT2D eigenvalue weighted by atomic mass is 32.2. The third-order valence-corrected chi connectivity index (χ3v) is 3.68. The molecule has 1 atom stereocenters. The van der Waals surface area contributed by atoms with E-state index in [4.69, 9.17) is 5.73 Å². The van der Waals surface area contributed by atoms with Crippen LogP contribution in [-0.4, -0.2) is 34.0 Å². The van der Waals surface area contributed by atoms with Crippen molar-refractivity contribution in [3.05, 3.63) is 24.2 Å². The molecule has 2 rings (SSSR count). The highest BCUT2D eigenvalue weighted by Gasteiger charge is 2.20. The number of aromatic nitrogens is 5. The molecule has 2 aromatic heterocycles. The quantitative estimate of drug-likeness (QED) is 0.661. The van der Waals surface area contributed by atoms with Gasteiger partial charge in [-0.2, -0.15) is 5.21 Å². The SMILES string of the molecule is CC(NS(=O)(=O)c1ccnc(N)c1)c1nn[nH]n1. The van der Waals surface area contributed by atoms with Crippen LogP contribution in [0.5, 0.6) is 0 Å². The highest BCUT2D eigenvalue weighted by molar-refractivity contribution is 7.89. The fraction of sp³-hybridized carbons (Fsp3) is 0.250. The van der Waals surface area contributed by atoms with Crippen LogP contribution in [-0.2, 0) is 10.0 Å². The van der Waals surface area contributed by atoms with Crippen molar-refractivity contribution < 1.29 is 8.42 Å². The van der Waals surface area contributed by atoms with Gasteiger partial charge in [0.2, 0.25) is 10.0 Å². The van der Waals surface area contributed by atoms with Gasteiger partial charge in [-0.3, -0.25) is 0 Å². The van der Waals surface area contributed by atoms with Gasteiger partial charge >= 0.3 is 0 Å². The van der Waals surface area contributed by atoms with Crippen LogP contribution < -0.4 is 10.5 Å². The van der Waals surface area contributed by atoms with Crippen LogP contribution in [0, 0.1) is 0 Å². The summed E-state index contributed by atoms with van der Waals surface area (Å²) in [6.07, 6.45) is 1.32. The molecule has 0 aliphatic heterocycles. The summed E-state index contributed by atoms with van der Waals surface area (Å²) in [5.74, 6) is 0.380. The zero-order valence-electron chi connectivity index (χ0n) is 9.40. The fourth-order valence-corrected chi connectivity index (χ4v) is 2.52. The Balaban J connectivity index is 2.22.